The molecular weight excluding hydrogens is 542 g/mol. The minimum absolute atomic E-state index is 0.0131. The van der Waals surface area contributed by atoms with E-state index in [0.29, 0.717) is 29.8 Å². The Balaban J connectivity index is 1.49. The molecule has 0 amide bonds. The Morgan fingerprint density at radius 3 is 2.51 bits per heavy atom. The molecule has 1 unspecified atom stereocenters. The number of anilines is 2. The number of benzene rings is 4. The topological polar surface area (TPSA) is 110 Å². The second kappa shape index (κ2) is 10.6. The molecular formula is C33H27N7O3. The standard InChI is InChI=1S/C33H27N7O3/c1-3-43-28-19-10-8-17-26(28)35-31-33-36-32-29(21(2)37-39(32)23-13-5-4-6-14-23)30(22-12-11-15-24(20-22)40(41)42)38(33)27-18-9-7-16-25(27)34-31/h4-20,30H,3H2,1-2H3,(H,34,35). The van der Waals surface area contributed by atoms with E-state index in [1.807, 2.05) is 103 Å². The lowest BCUT2D eigenvalue weighted by Crippen LogP contribution is -2.46. The largest absolute Gasteiger partial charge is 0.492 e. The second-order valence-corrected chi connectivity index (χ2v) is 10.1. The molecule has 10 heteroatoms. The summed E-state index contributed by atoms with van der Waals surface area (Å²) in [6.07, 6.45) is 0. The number of nitrogens with zero attached hydrogens (tertiary/aromatic N) is 6. The van der Waals surface area contributed by atoms with Crippen molar-refractivity contribution < 1.29 is 9.66 Å². The summed E-state index contributed by atoms with van der Waals surface area (Å²) in [7, 11) is 0. The first-order valence-electron chi connectivity index (χ1n) is 14.0. The first kappa shape index (κ1) is 26.1. The summed E-state index contributed by atoms with van der Waals surface area (Å²) in [4.78, 5) is 23.8. The Hall–Kier alpha value is -5.77. The van der Waals surface area contributed by atoms with Crippen molar-refractivity contribution >= 4 is 40.2 Å². The zero-order valence-electron chi connectivity index (χ0n) is 23.5. The lowest BCUT2D eigenvalue weighted by Gasteiger charge is -2.40. The molecule has 43 heavy (non-hydrogen) atoms. The maximum Gasteiger partial charge on any atom is 0.269 e. The van der Waals surface area contributed by atoms with Gasteiger partial charge in [0.1, 0.15) is 5.75 Å². The molecule has 1 N–H and O–H groups in total. The maximum absolute atomic E-state index is 11.9. The molecule has 0 saturated heterocycles. The van der Waals surface area contributed by atoms with Gasteiger partial charge in [0.2, 0.25) is 0 Å². The summed E-state index contributed by atoms with van der Waals surface area (Å²) < 4.78 is 7.72. The van der Waals surface area contributed by atoms with E-state index < -0.39 is 6.04 Å². The Kier molecular flexibility index (Phi) is 6.43. The SMILES string of the molecule is CCOc1ccccc1NC1=Nc2ccccc2N2C1=Nc1c(c(C)nn1-c1ccccc1)C2c1cccc([N+](=O)[O-])c1. The molecule has 0 bridgehead atoms. The van der Waals surface area contributed by atoms with Crippen LogP contribution in [0.25, 0.3) is 5.69 Å². The number of nitro benzene ring substituents is 1. The van der Waals surface area contributed by atoms with Crippen LogP contribution in [0.3, 0.4) is 0 Å². The van der Waals surface area contributed by atoms with E-state index in [1.54, 1.807) is 12.1 Å². The minimum atomic E-state index is -0.476. The van der Waals surface area contributed by atoms with Crippen molar-refractivity contribution in [2.45, 2.75) is 19.9 Å². The smallest absolute Gasteiger partial charge is 0.269 e. The van der Waals surface area contributed by atoms with Gasteiger partial charge in [-0.05, 0) is 55.8 Å². The van der Waals surface area contributed by atoms with Crippen LogP contribution in [0.2, 0.25) is 0 Å². The molecule has 0 aliphatic carbocycles. The summed E-state index contributed by atoms with van der Waals surface area (Å²) in [6.45, 7) is 4.40. The molecule has 3 heterocycles. The molecule has 0 saturated carbocycles. The lowest BCUT2D eigenvalue weighted by molar-refractivity contribution is -0.384. The van der Waals surface area contributed by atoms with Gasteiger partial charge in [0.05, 0.1) is 46.0 Å². The highest BCUT2D eigenvalue weighted by molar-refractivity contribution is 6.51. The summed E-state index contributed by atoms with van der Waals surface area (Å²) in [5, 5.41) is 20.3. The molecule has 2 aliphatic rings. The van der Waals surface area contributed by atoms with Crippen molar-refractivity contribution in [1.29, 1.82) is 0 Å². The van der Waals surface area contributed by atoms with Gasteiger partial charge in [-0.1, -0.05) is 54.6 Å². The molecule has 5 aromatic rings. The molecule has 1 atom stereocenters. The number of hydrogen-bond donors (Lipinski definition) is 1. The normalized spacial score (nSPS) is 15.0. The highest BCUT2D eigenvalue weighted by atomic mass is 16.6. The van der Waals surface area contributed by atoms with Crippen LogP contribution in [0.1, 0.15) is 29.8 Å². The summed E-state index contributed by atoms with van der Waals surface area (Å²) in [6, 6.07) is 31.6. The Morgan fingerprint density at radius 1 is 0.930 bits per heavy atom. The quantitative estimate of drug-likeness (QED) is 0.170. The van der Waals surface area contributed by atoms with Crippen LogP contribution in [0.15, 0.2) is 113 Å². The zero-order valence-corrected chi connectivity index (χ0v) is 23.5. The third kappa shape index (κ3) is 4.49. The number of nitrogens with one attached hydrogen (secondary N) is 1. The van der Waals surface area contributed by atoms with Crippen LogP contribution >= 0.6 is 0 Å². The average Bonchev–Trinajstić information content (AvgIpc) is 3.37. The van der Waals surface area contributed by atoms with Gasteiger partial charge in [-0.15, -0.1) is 0 Å². The van der Waals surface area contributed by atoms with E-state index in [1.165, 1.54) is 6.07 Å². The fourth-order valence-electron chi connectivity index (χ4n) is 5.65. The molecule has 0 radical (unpaired) electrons. The molecule has 7 rings (SSSR count). The van der Waals surface area contributed by atoms with Crippen LogP contribution in [-0.2, 0) is 0 Å². The number of para-hydroxylation sites is 5. The number of hydrogen-bond acceptors (Lipinski definition) is 8. The van der Waals surface area contributed by atoms with Crippen LogP contribution < -0.4 is 15.0 Å². The summed E-state index contributed by atoms with van der Waals surface area (Å²) in [5.41, 5.74) is 5.56. The number of aromatic nitrogens is 2. The summed E-state index contributed by atoms with van der Waals surface area (Å²) >= 11 is 0. The number of non-ortho nitro benzene ring substituents is 1. The second-order valence-electron chi connectivity index (χ2n) is 10.1. The maximum atomic E-state index is 11.9. The van der Waals surface area contributed by atoms with Gasteiger partial charge >= 0.3 is 0 Å². The minimum Gasteiger partial charge on any atom is -0.492 e. The molecule has 212 valence electrons. The van der Waals surface area contributed by atoms with Crippen molar-refractivity contribution in [1.82, 2.24) is 9.78 Å². The molecule has 0 spiro atoms. The van der Waals surface area contributed by atoms with E-state index in [0.717, 1.165) is 39.6 Å². The number of ether oxygens (including phenoxy) is 1. The predicted octanol–water partition coefficient (Wildman–Crippen LogP) is 7.28. The van der Waals surface area contributed by atoms with E-state index in [4.69, 9.17) is 19.8 Å². The number of aliphatic imine (C=N–C) groups is 2. The third-order valence-corrected chi connectivity index (χ3v) is 7.48. The number of aryl methyl sites for hydroxylation is 1. The van der Waals surface area contributed by atoms with E-state index >= 15 is 0 Å². The van der Waals surface area contributed by atoms with Gasteiger partial charge in [-0.25, -0.2) is 14.7 Å². The Morgan fingerprint density at radius 2 is 1.70 bits per heavy atom. The van der Waals surface area contributed by atoms with Crippen molar-refractivity contribution in [3.63, 3.8) is 0 Å². The lowest BCUT2D eigenvalue weighted by atomic mass is 9.93. The molecule has 1 aromatic heterocycles. The van der Waals surface area contributed by atoms with Gasteiger partial charge in [-0.3, -0.25) is 10.1 Å². The molecule has 10 nitrogen and oxygen atoms in total. The fourth-order valence-corrected chi connectivity index (χ4v) is 5.65. The van der Waals surface area contributed by atoms with Gasteiger partial charge < -0.3 is 15.0 Å². The van der Waals surface area contributed by atoms with Crippen molar-refractivity contribution in [3.05, 3.63) is 130 Å². The monoisotopic (exact) mass is 569 g/mol. The van der Waals surface area contributed by atoms with Gasteiger partial charge in [0.25, 0.3) is 5.69 Å². The van der Waals surface area contributed by atoms with E-state index in [2.05, 4.69) is 10.2 Å². The summed E-state index contributed by atoms with van der Waals surface area (Å²) in [5.74, 6) is 2.41. The van der Waals surface area contributed by atoms with Crippen LogP contribution in [0.4, 0.5) is 28.6 Å². The molecule has 2 aliphatic heterocycles. The first-order chi connectivity index (χ1) is 21.0. The van der Waals surface area contributed by atoms with Crippen molar-refractivity contribution in [2.24, 2.45) is 9.98 Å². The average molecular weight is 570 g/mol. The fraction of sp³-hybridized carbons (Fsp3) is 0.121. The van der Waals surface area contributed by atoms with E-state index in [-0.39, 0.29) is 10.6 Å². The highest BCUT2D eigenvalue weighted by Crippen LogP contribution is 2.48. The van der Waals surface area contributed by atoms with Crippen molar-refractivity contribution in [3.8, 4) is 11.4 Å². The van der Waals surface area contributed by atoms with Crippen LogP contribution in [-0.4, -0.2) is 33.0 Å². The first-order valence-corrected chi connectivity index (χ1v) is 14.0. The van der Waals surface area contributed by atoms with Crippen LogP contribution in [0.5, 0.6) is 5.75 Å². The van der Waals surface area contributed by atoms with Gasteiger partial charge in [-0.2, -0.15) is 5.10 Å². The number of nitro groups is 1. The molecule has 4 aromatic carbocycles. The number of rotatable bonds is 6. The number of fused-ring (bicyclic) bond motifs is 4. The highest BCUT2D eigenvalue weighted by Gasteiger charge is 2.42. The third-order valence-electron chi connectivity index (χ3n) is 7.48. The van der Waals surface area contributed by atoms with Crippen LogP contribution in [0, 0.1) is 17.0 Å². The van der Waals surface area contributed by atoms with E-state index in [9.17, 15) is 10.1 Å². The molecule has 0 fully saturated rings. The van der Waals surface area contributed by atoms with Crippen molar-refractivity contribution in [2.75, 3.05) is 16.8 Å². The van der Waals surface area contributed by atoms with Gasteiger partial charge in [0, 0.05) is 17.7 Å². The predicted molar refractivity (Wildman–Crippen MR) is 168 cm³/mol. The number of amidine groups is 2. The Labute approximate surface area is 247 Å². The zero-order chi connectivity index (χ0) is 29.5. The van der Waals surface area contributed by atoms with Gasteiger partial charge in [0.15, 0.2) is 17.5 Å². The Bertz CT molecular complexity index is 1930.